The van der Waals surface area contributed by atoms with Crippen molar-refractivity contribution in [1.29, 1.82) is 0 Å². The van der Waals surface area contributed by atoms with Crippen molar-refractivity contribution in [3.8, 4) is 0 Å². The smallest absolute Gasteiger partial charge is 0.0483 e. The summed E-state index contributed by atoms with van der Waals surface area (Å²) in [6, 6.07) is 6.04. The summed E-state index contributed by atoms with van der Waals surface area (Å²) in [5, 5.41) is 1.99. The van der Waals surface area contributed by atoms with E-state index in [2.05, 4.69) is 38.5 Å². The van der Waals surface area contributed by atoms with Crippen LogP contribution in [0.5, 0.6) is 0 Å². The molecule has 1 aromatic heterocycles. The molecular weight excluding hydrogens is 232 g/mol. The van der Waals surface area contributed by atoms with E-state index in [4.69, 9.17) is 17.3 Å². The second kappa shape index (κ2) is 4.04. The van der Waals surface area contributed by atoms with E-state index in [0.717, 1.165) is 5.02 Å². The Morgan fingerprint density at radius 1 is 1.35 bits per heavy atom. The second-order valence-electron chi connectivity index (χ2n) is 5.27. The molecule has 0 bridgehead atoms. The number of benzene rings is 1. The quantitative estimate of drug-likeness (QED) is 0.871. The van der Waals surface area contributed by atoms with Crippen LogP contribution in [0.2, 0.25) is 5.02 Å². The van der Waals surface area contributed by atoms with Crippen molar-refractivity contribution in [2.24, 2.45) is 12.8 Å². The van der Waals surface area contributed by atoms with Crippen LogP contribution >= 0.6 is 11.6 Å². The van der Waals surface area contributed by atoms with Gasteiger partial charge in [-0.3, -0.25) is 0 Å². The fourth-order valence-corrected chi connectivity index (χ4v) is 2.67. The maximum Gasteiger partial charge on any atom is 0.0483 e. The summed E-state index contributed by atoms with van der Waals surface area (Å²) in [7, 11) is 2.08. The average molecular weight is 251 g/mol. The molecule has 2 N–H and O–H groups in total. The minimum absolute atomic E-state index is 0.0335. The van der Waals surface area contributed by atoms with Crippen LogP contribution < -0.4 is 5.73 Å². The fraction of sp³-hybridized carbons (Fsp3) is 0.429. The van der Waals surface area contributed by atoms with Gasteiger partial charge in [-0.25, -0.2) is 0 Å². The van der Waals surface area contributed by atoms with Crippen molar-refractivity contribution in [2.45, 2.75) is 26.2 Å². The molecule has 0 amide bonds. The van der Waals surface area contributed by atoms with E-state index in [1.807, 2.05) is 12.1 Å². The summed E-state index contributed by atoms with van der Waals surface area (Å²) in [6.45, 7) is 7.12. The van der Waals surface area contributed by atoms with Crippen molar-refractivity contribution in [3.05, 3.63) is 34.5 Å². The molecule has 17 heavy (non-hydrogen) atoms. The van der Waals surface area contributed by atoms with E-state index in [1.54, 1.807) is 0 Å². The van der Waals surface area contributed by atoms with Gasteiger partial charge in [0.15, 0.2) is 0 Å². The maximum atomic E-state index is 6.11. The van der Waals surface area contributed by atoms with Crippen LogP contribution in [0.1, 0.15) is 25.1 Å². The van der Waals surface area contributed by atoms with E-state index < -0.39 is 0 Å². The van der Waals surface area contributed by atoms with E-state index in [-0.39, 0.29) is 5.41 Å². The van der Waals surface area contributed by atoms with E-state index >= 15 is 0 Å². The molecule has 0 unspecified atom stereocenters. The van der Waals surface area contributed by atoms with Gasteiger partial charge in [0, 0.05) is 40.6 Å². The largest absolute Gasteiger partial charge is 0.348 e. The Morgan fingerprint density at radius 3 is 2.59 bits per heavy atom. The normalized spacial score (nSPS) is 12.4. The van der Waals surface area contributed by atoms with Crippen LogP contribution in [0.4, 0.5) is 0 Å². The average Bonchev–Trinajstić information content (AvgIpc) is 2.51. The predicted molar refractivity (Wildman–Crippen MR) is 74.7 cm³/mol. The highest BCUT2D eigenvalue weighted by molar-refractivity contribution is 6.31. The molecule has 3 heteroatoms. The third-order valence-corrected chi connectivity index (χ3v) is 3.88. The lowest BCUT2D eigenvalue weighted by atomic mass is 9.83. The monoisotopic (exact) mass is 250 g/mol. The molecule has 92 valence electrons. The van der Waals surface area contributed by atoms with Gasteiger partial charge in [-0.1, -0.05) is 25.4 Å². The summed E-state index contributed by atoms with van der Waals surface area (Å²) in [5.41, 5.74) is 9.65. The summed E-state index contributed by atoms with van der Waals surface area (Å²) in [5.74, 6) is 0. The van der Waals surface area contributed by atoms with Crippen molar-refractivity contribution in [2.75, 3.05) is 6.54 Å². The number of aromatic nitrogens is 1. The first kappa shape index (κ1) is 12.5. The highest BCUT2D eigenvalue weighted by Gasteiger charge is 2.26. The van der Waals surface area contributed by atoms with Gasteiger partial charge in [0.05, 0.1) is 0 Å². The number of aryl methyl sites for hydroxylation is 1. The van der Waals surface area contributed by atoms with Gasteiger partial charge in [0.1, 0.15) is 0 Å². The maximum absolute atomic E-state index is 6.11. The molecule has 0 aliphatic heterocycles. The zero-order valence-corrected chi connectivity index (χ0v) is 11.6. The highest BCUT2D eigenvalue weighted by atomic mass is 35.5. The molecule has 0 spiro atoms. The second-order valence-corrected chi connectivity index (χ2v) is 5.71. The zero-order chi connectivity index (χ0) is 12.8. The molecule has 0 radical (unpaired) electrons. The SMILES string of the molecule is Cc1c(C(C)(C)CN)c2cc(Cl)ccc2n1C. The van der Waals surface area contributed by atoms with Crippen LogP contribution in [0.3, 0.4) is 0 Å². The number of fused-ring (bicyclic) bond motifs is 1. The van der Waals surface area contributed by atoms with Crippen LogP contribution in [-0.2, 0) is 12.5 Å². The van der Waals surface area contributed by atoms with Gasteiger partial charge >= 0.3 is 0 Å². The molecule has 0 atom stereocenters. The van der Waals surface area contributed by atoms with E-state index in [0.29, 0.717) is 6.54 Å². The van der Waals surface area contributed by atoms with Crippen molar-refractivity contribution in [3.63, 3.8) is 0 Å². The molecule has 2 nitrogen and oxygen atoms in total. The molecule has 1 aromatic carbocycles. The fourth-order valence-electron chi connectivity index (χ4n) is 2.50. The number of nitrogens with two attached hydrogens (primary N) is 1. The lowest BCUT2D eigenvalue weighted by molar-refractivity contribution is 0.537. The lowest BCUT2D eigenvalue weighted by Crippen LogP contribution is -2.28. The molecule has 0 saturated carbocycles. The topological polar surface area (TPSA) is 30.9 Å². The minimum Gasteiger partial charge on any atom is -0.348 e. The van der Waals surface area contributed by atoms with Gasteiger partial charge < -0.3 is 10.3 Å². The number of nitrogens with zero attached hydrogens (tertiary/aromatic N) is 1. The van der Waals surface area contributed by atoms with Crippen LogP contribution in [-0.4, -0.2) is 11.1 Å². The van der Waals surface area contributed by atoms with Gasteiger partial charge in [-0.05, 0) is 30.7 Å². The summed E-state index contributed by atoms with van der Waals surface area (Å²) < 4.78 is 2.21. The molecule has 0 fully saturated rings. The Balaban J connectivity index is 2.87. The number of halogens is 1. The first-order valence-corrected chi connectivity index (χ1v) is 6.21. The molecule has 0 aliphatic carbocycles. The number of hydrogen-bond donors (Lipinski definition) is 1. The zero-order valence-electron chi connectivity index (χ0n) is 10.8. The van der Waals surface area contributed by atoms with Crippen molar-refractivity contribution >= 4 is 22.5 Å². The third-order valence-electron chi connectivity index (χ3n) is 3.64. The van der Waals surface area contributed by atoms with E-state index in [9.17, 15) is 0 Å². The van der Waals surface area contributed by atoms with Crippen LogP contribution in [0, 0.1) is 6.92 Å². The molecular formula is C14H19ClN2. The number of hydrogen-bond acceptors (Lipinski definition) is 1. The standard InChI is InChI=1S/C14H19ClN2/c1-9-13(14(2,3)8-16)11-7-10(15)5-6-12(11)17(9)4/h5-7H,8,16H2,1-4H3. The molecule has 1 heterocycles. The molecule has 2 rings (SSSR count). The minimum atomic E-state index is -0.0335. The molecule has 0 aliphatic rings. The number of rotatable bonds is 2. The Bertz CT molecular complexity index is 567. The Kier molecular flexibility index (Phi) is 2.96. The van der Waals surface area contributed by atoms with Gasteiger partial charge in [-0.2, -0.15) is 0 Å². The van der Waals surface area contributed by atoms with Crippen molar-refractivity contribution in [1.82, 2.24) is 4.57 Å². The Morgan fingerprint density at radius 2 is 2.00 bits per heavy atom. The molecule has 2 aromatic rings. The lowest BCUT2D eigenvalue weighted by Gasteiger charge is -2.23. The summed E-state index contributed by atoms with van der Waals surface area (Å²) in [4.78, 5) is 0. The first-order chi connectivity index (χ1) is 7.88. The Hall–Kier alpha value is -0.990. The third kappa shape index (κ3) is 1.85. The van der Waals surface area contributed by atoms with Gasteiger partial charge in [0.25, 0.3) is 0 Å². The van der Waals surface area contributed by atoms with Gasteiger partial charge in [0.2, 0.25) is 0 Å². The first-order valence-electron chi connectivity index (χ1n) is 5.83. The summed E-state index contributed by atoms with van der Waals surface area (Å²) >= 11 is 6.11. The van der Waals surface area contributed by atoms with Crippen molar-refractivity contribution < 1.29 is 0 Å². The van der Waals surface area contributed by atoms with Crippen LogP contribution in [0.15, 0.2) is 18.2 Å². The highest BCUT2D eigenvalue weighted by Crippen LogP contribution is 2.35. The predicted octanol–water partition coefficient (Wildman–Crippen LogP) is 3.38. The van der Waals surface area contributed by atoms with Gasteiger partial charge in [-0.15, -0.1) is 0 Å². The summed E-state index contributed by atoms with van der Waals surface area (Å²) in [6.07, 6.45) is 0. The Labute approximate surface area is 107 Å². The molecule has 0 saturated heterocycles. The van der Waals surface area contributed by atoms with E-state index in [1.165, 1.54) is 22.2 Å². The van der Waals surface area contributed by atoms with Crippen LogP contribution in [0.25, 0.3) is 10.9 Å².